The Morgan fingerprint density at radius 2 is 1.89 bits per heavy atom. The summed E-state index contributed by atoms with van der Waals surface area (Å²) in [5.41, 5.74) is -0.420. The fraction of sp³-hybridized carbons (Fsp3) is 0.857. The van der Waals surface area contributed by atoms with Gasteiger partial charge >= 0.3 is 0 Å². The van der Waals surface area contributed by atoms with Gasteiger partial charge in [0, 0.05) is 12.8 Å². The van der Waals surface area contributed by atoms with Gasteiger partial charge in [-0.3, -0.25) is 0 Å². The summed E-state index contributed by atoms with van der Waals surface area (Å²) in [6, 6.07) is 0. The molecule has 0 heterocycles. The maximum absolute atomic E-state index is 8.70. The molecular formula is C14H26O4. The summed E-state index contributed by atoms with van der Waals surface area (Å²) in [4.78, 5) is 14.3. The van der Waals surface area contributed by atoms with Gasteiger partial charge in [0.25, 0.3) is 0 Å². The third-order valence-electron chi connectivity index (χ3n) is 2.44. The van der Waals surface area contributed by atoms with Gasteiger partial charge in [-0.05, 0) is 39.5 Å². The van der Waals surface area contributed by atoms with Crippen molar-refractivity contribution in [1.82, 2.24) is 0 Å². The minimum absolute atomic E-state index is 0.420. The van der Waals surface area contributed by atoms with Crippen LogP contribution in [0.15, 0.2) is 0 Å². The fourth-order valence-corrected chi connectivity index (χ4v) is 1.42. The molecule has 0 amide bonds. The zero-order valence-electron chi connectivity index (χ0n) is 11.9. The van der Waals surface area contributed by atoms with E-state index in [1.165, 1.54) is 0 Å². The first-order chi connectivity index (χ1) is 8.39. The Hall–Kier alpha value is -0.600. The molecular weight excluding hydrogens is 232 g/mol. The van der Waals surface area contributed by atoms with Crippen molar-refractivity contribution in [2.75, 3.05) is 0 Å². The molecule has 2 atom stereocenters. The molecule has 0 aromatic heterocycles. The molecule has 1 N–H and O–H groups in total. The highest BCUT2D eigenvalue weighted by Gasteiger charge is 2.17. The molecule has 4 heteroatoms. The minimum atomic E-state index is -0.732. The van der Waals surface area contributed by atoms with E-state index in [0.717, 1.165) is 25.7 Å². The lowest BCUT2D eigenvalue weighted by molar-refractivity contribution is -0.471. The second-order valence-electron chi connectivity index (χ2n) is 5.61. The maximum Gasteiger partial charge on any atom is 0.224 e. The molecule has 0 aromatic carbocycles. The molecule has 0 bridgehead atoms. The third-order valence-corrected chi connectivity index (χ3v) is 2.44. The van der Waals surface area contributed by atoms with Crippen LogP contribution in [0, 0.1) is 18.3 Å². The van der Waals surface area contributed by atoms with Gasteiger partial charge in [0.2, 0.25) is 6.29 Å². The van der Waals surface area contributed by atoms with Gasteiger partial charge < -0.3 is 0 Å². The van der Waals surface area contributed by atoms with Crippen LogP contribution in [-0.4, -0.2) is 17.1 Å². The van der Waals surface area contributed by atoms with Crippen LogP contribution in [0.5, 0.6) is 0 Å². The lowest BCUT2D eigenvalue weighted by Gasteiger charge is -2.21. The lowest BCUT2D eigenvalue weighted by atomic mass is 9.99. The summed E-state index contributed by atoms with van der Waals surface area (Å²) in [6.45, 7) is 7.76. The standard InChI is InChI=1S/C14H26O4/c1-6-7-9-12(2)10-8-11-13(16-15)17-18-14(3,4)5/h1,12-13,15H,7-11H2,2-5H3. The van der Waals surface area contributed by atoms with Crippen molar-refractivity contribution in [3.05, 3.63) is 0 Å². The van der Waals surface area contributed by atoms with Gasteiger partial charge in [0.05, 0.1) is 5.60 Å². The number of hydrogen-bond acceptors (Lipinski definition) is 4. The molecule has 18 heavy (non-hydrogen) atoms. The predicted molar refractivity (Wildman–Crippen MR) is 70.5 cm³/mol. The molecule has 0 saturated carbocycles. The summed E-state index contributed by atoms with van der Waals surface area (Å²) in [6.07, 6.45) is 8.83. The van der Waals surface area contributed by atoms with Crippen molar-refractivity contribution in [3.63, 3.8) is 0 Å². The van der Waals surface area contributed by atoms with Crippen LogP contribution >= 0.6 is 0 Å². The molecule has 0 radical (unpaired) electrons. The fourth-order valence-electron chi connectivity index (χ4n) is 1.42. The van der Waals surface area contributed by atoms with Crippen LogP contribution in [-0.2, 0) is 14.7 Å². The molecule has 106 valence electrons. The van der Waals surface area contributed by atoms with E-state index in [9.17, 15) is 0 Å². The van der Waals surface area contributed by atoms with Crippen LogP contribution < -0.4 is 0 Å². The highest BCUT2D eigenvalue weighted by atomic mass is 17.3. The third kappa shape index (κ3) is 10.5. The van der Waals surface area contributed by atoms with Crippen molar-refractivity contribution in [2.45, 2.75) is 71.7 Å². The second-order valence-corrected chi connectivity index (χ2v) is 5.61. The van der Waals surface area contributed by atoms with Crippen LogP contribution in [0.3, 0.4) is 0 Å². The Morgan fingerprint density at radius 1 is 1.22 bits per heavy atom. The predicted octanol–water partition coefficient (Wildman–Crippen LogP) is 3.77. The SMILES string of the molecule is C#CCCC(C)CCCC(OO)OOC(C)(C)C. The Balaban J connectivity index is 3.71. The molecule has 0 aromatic rings. The first-order valence-electron chi connectivity index (χ1n) is 6.47. The topological polar surface area (TPSA) is 47.9 Å². The highest BCUT2D eigenvalue weighted by molar-refractivity contribution is 4.83. The Labute approximate surface area is 110 Å². The molecule has 0 fully saturated rings. The van der Waals surface area contributed by atoms with Crippen LogP contribution in [0.4, 0.5) is 0 Å². The first-order valence-corrected chi connectivity index (χ1v) is 6.47. The zero-order valence-corrected chi connectivity index (χ0v) is 11.9. The summed E-state index contributed by atoms with van der Waals surface area (Å²) in [5.74, 6) is 3.21. The van der Waals surface area contributed by atoms with Crippen molar-refractivity contribution < 1.29 is 19.9 Å². The first kappa shape index (κ1) is 17.4. The zero-order chi connectivity index (χ0) is 14.0. The van der Waals surface area contributed by atoms with Gasteiger partial charge in [-0.1, -0.05) is 13.3 Å². The second kappa shape index (κ2) is 9.35. The summed E-state index contributed by atoms with van der Waals surface area (Å²) < 4.78 is 0. The van der Waals surface area contributed by atoms with E-state index in [4.69, 9.17) is 21.5 Å². The van der Waals surface area contributed by atoms with E-state index in [1.807, 2.05) is 20.8 Å². The van der Waals surface area contributed by atoms with Crippen molar-refractivity contribution in [3.8, 4) is 12.3 Å². The van der Waals surface area contributed by atoms with Gasteiger partial charge in [0.1, 0.15) is 0 Å². The number of hydrogen-bond donors (Lipinski definition) is 1. The monoisotopic (exact) mass is 258 g/mol. The Kier molecular flexibility index (Phi) is 9.03. The van der Waals surface area contributed by atoms with Gasteiger partial charge in [-0.15, -0.1) is 12.3 Å². The summed E-state index contributed by atoms with van der Waals surface area (Å²) >= 11 is 0. The summed E-state index contributed by atoms with van der Waals surface area (Å²) in [7, 11) is 0. The van der Waals surface area contributed by atoms with Gasteiger partial charge in [-0.25, -0.2) is 19.9 Å². The van der Waals surface area contributed by atoms with Crippen LogP contribution in [0.1, 0.15) is 59.8 Å². The normalized spacial score (nSPS) is 15.1. The van der Waals surface area contributed by atoms with E-state index >= 15 is 0 Å². The molecule has 0 aliphatic rings. The van der Waals surface area contributed by atoms with E-state index in [-0.39, 0.29) is 0 Å². The molecule has 0 spiro atoms. The van der Waals surface area contributed by atoms with Gasteiger partial charge in [0.15, 0.2) is 0 Å². The molecule has 0 rings (SSSR count). The molecule has 0 saturated heterocycles. The smallest absolute Gasteiger partial charge is 0.224 e. The van der Waals surface area contributed by atoms with Crippen molar-refractivity contribution >= 4 is 0 Å². The van der Waals surface area contributed by atoms with Crippen LogP contribution in [0.25, 0.3) is 0 Å². The molecule has 4 nitrogen and oxygen atoms in total. The largest absolute Gasteiger partial charge is 0.249 e. The van der Waals surface area contributed by atoms with E-state index in [1.54, 1.807) is 0 Å². The van der Waals surface area contributed by atoms with Crippen LogP contribution in [0.2, 0.25) is 0 Å². The molecule has 0 aliphatic carbocycles. The van der Waals surface area contributed by atoms with E-state index < -0.39 is 11.9 Å². The van der Waals surface area contributed by atoms with E-state index in [2.05, 4.69) is 17.7 Å². The van der Waals surface area contributed by atoms with Crippen molar-refractivity contribution in [2.24, 2.45) is 5.92 Å². The minimum Gasteiger partial charge on any atom is -0.249 e. The number of terminal acetylenes is 1. The lowest BCUT2D eigenvalue weighted by Crippen LogP contribution is -2.25. The highest BCUT2D eigenvalue weighted by Crippen LogP contribution is 2.17. The Bertz CT molecular complexity index is 239. The average Bonchev–Trinajstić information content (AvgIpc) is 2.29. The van der Waals surface area contributed by atoms with E-state index in [0.29, 0.717) is 12.3 Å². The number of rotatable bonds is 9. The van der Waals surface area contributed by atoms with Crippen molar-refractivity contribution in [1.29, 1.82) is 0 Å². The Morgan fingerprint density at radius 3 is 2.39 bits per heavy atom. The average molecular weight is 258 g/mol. The van der Waals surface area contributed by atoms with Gasteiger partial charge in [-0.2, -0.15) is 0 Å². The quantitative estimate of drug-likeness (QED) is 0.296. The molecule has 0 aliphatic heterocycles. The summed E-state index contributed by atoms with van der Waals surface area (Å²) in [5, 5.41) is 8.70. The maximum atomic E-state index is 8.70. The molecule has 2 unspecified atom stereocenters.